The maximum Gasteiger partial charge on any atom is 0.417 e. The highest BCUT2D eigenvalue weighted by molar-refractivity contribution is 5.92. The van der Waals surface area contributed by atoms with Crippen LogP contribution in [-0.2, 0) is 24.7 Å². The van der Waals surface area contributed by atoms with E-state index in [9.17, 15) is 100 Å². The van der Waals surface area contributed by atoms with Crippen molar-refractivity contribution >= 4 is 5.57 Å². The summed E-state index contributed by atoms with van der Waals surface area (Å²) in [4.78, 5) is 0. The summed E-state index contributed by atoms with van der Waals surface area (Å²) in [5.74, 6) is -5.58. The summed E-state index contributed by atoms with van der Waals surface area (Å²) in [6.45, 7) is 4.00. The Morgan fingerprint density at radius 1 is 0.571 bits per heavy atom. The molecule has 1 aliphatic rings. The minimum Gasteiger partial charge on any atom is -0.198 e. The van der Waals surface area contributed by atoms with Crippen molar-refractivity contribution in [3.05, 3.63) is 96.1 Å². The number of hydrogen-bond donors (Lipinski definition) is 0. The average Bonchev–Trinajstić information content (AvgIpc) is 3.13. The largest absolute Gasteiger partial charge is 0.417 e. The van der Waals surface area contributed by atoms with Crippen LogP contribution in [0.25, 0.3) is 5.57 Å². The zero-order valence-corrected chi connectivity index (χ0v) is 27.4. The average molecular weight is 786 g/mol. The summed E-state index contributed by atoms with van der Waals surface area (Å²) in [7, 11) is 0. The molecule has 3 rings (SSSR count). The molecule has 0 N–H and O–H groups in total. The molecule has 0 aliphatic heterocycles. The molecule has 2 unspecified atom stereocenters. The first-order valence-electron chi connectivity index (χ1n) is 14.5. The molecule has 2 aromatic carbocycles. The van der Waals surface area contributed by atoms with Crippen molar-refractivity contribution in [2.45, 2.75) is 44.5 Å². The molecular formula is C35H11F12N9. The van der Waals surface area contributed by atoms with Crippen molar-refractivity contribution in [1.29, 1.82) is 47.4 Å². The van der Waals surface area contributed by atoms with Gasteiger partial charge in [0.15, 0.2) is 0 Å². The predicted octanol–water partition coefficient (Wildman–Crippen LogP) is 9.28. The summed E-state index contributed by atoms with van der Waals surface area (Å²) >= 11 is 0. The van der Waals surface area contributed by atoms with Crippen molar-refractivity contribution in [2.75, 3.05) is 0 Å². The standard InChI is InChI=1S/C33H5F12N9.C2H6/c34-30(35,36)23-2-13(4-46)17(7-49)26(28(23)32(40,41)42)20(10-52)16-1-15(6-48)25(21(11-53)19(16)9-51)22(12-54)27-18(8-50)14(5-47)3-24(31(37,38)39)29(27)33(43,44)45;1-2/h1-3,22,25H;1-2H3/b20-16+;. The lowest BCUT2D eigenvalue weighted by molar-refractivity contribution is -0.162. The van der Waals surface area contributed by atoms with Crippen LogP contribution in [0.1, 0.15) is 75.4 Å². The second-order valence-electron chi connectivity index (χ2n) is 10.4. The quantitative estimate of drug-likeness (QED) is 0.214. The Kier molecular flexibility index (Phi) is 12.7. The number of nitriles is 9. The number of rotatable bonds is 3. The van der Waals surface area contributed by atoms with E-state index in [0.717, 1.165) is 48.6 Å². The van der Waals surface area contributed by atoms with Gasteiger partial charge in [-0.3, -0.25) is 0 Å². The van der Waals surface area contributed by atoms with Gasteiger partial charge in [-0.25, -0.2) is 0 Å². The molecule has 280 valence electrons. The van der Waals surface area contributed by atoms with Gasteiger partial charge >= 0.3 is 24.7 Å². The Morgan fingerprint density at radius 2 is 1.04 bits per heavy atom. The molecule has 0 saturated carbocycles. The second-order valence-corrected chi connectivity index (χ2v) is 10.4. The zero-order valence-electron chi connectivity index (χ0n) is 27.4. The molecule has 0 radical (unpaired) electrons. The fraction of sp³-hybridized carbons (Fsp3) is 0.229. The molecule has 0 fully saturated rings. The third-order valence-electron chi connectivity index (χ3n) is 7.60. The predicted molar refractivity (Wildman–Crippen MR) is 159 cm³/mol. The lowest BCUT2D eigenvalue weighted by Crippen LogP contribution is -2.27. The molecule has 0 amide bonds. The van der Waals surface area contributed by atoms with Crippen LogP contribution in [0.5, 0.6) is 0 Å². The molecule has 2 atom stereocenters. The Balaban J connectivity index is 0.00000532. The molecule has 2 aromatic rings. The molecule has 0 spiro atoms. The highest BCUT2D eigenvalue weighted by Gasteiger charge is 2.51. The number of hydrogen-bond acceptors (Lipinski definition) is 9. The molecule has 0 aromatic heterocycles. The number of allylic oxidation sites excluding steroid dienone is 6. The van der Waals surface area contributed by atoms with E-state index in [4.69, 9.17) is 0 Å². The normalized spacial score (nSPS) is 15.5. The Bertz CT molecular complexity index is 2500. The van der Waals surface area contributed by atoms with Gasteiger partial charge in [-0.2, -0.15) is 100 Å². The van der Waals surface area contributed by atoms with Crippen LogP contribution < -0.4 is 0 Å². The van der Waals surface area contributed by atoms with Crippen molar-refractivity contribution in [2.24, 2.45) is 5.92 Å². The first-order chi connectivity index (χ1) is 26.0. The summed E-state index contributed by atoms with van der Waals surface area (Å²) in [6, 6.07) is 9.13. The van der Waals surface area contributed by atoms with Gasteiger partial charge in [-0.05, 0) is 18.2 Å². The van der Waals surface area contributed by atoms with Gasteiger partial charge in [0, 0.05) is 22.3 Å². The third kappa shape index (κ3) is 7.78. The van der Waals surface area contributed by atoms with E-state index in [2.05, 4.69) is 0 Å². The molecule has 0 heterocycles. The van der Waals surface area contributed by atoms with Crippen LogP contribution in [0.3, 0.4) is 0 Å². The Labute approximate surface area is 306 Å². The van der Waals surface area contributed by atoms with Crippen molar-refractivity contribution < 1.29 is 52.7 Å². The number of alkyl halides is 12. The molecule has 0 saturated heterocycles. The van der Waals surface area contributed by atoms with E-state index < -0.39 is 120 Å². The fourth-order valence-electron chi connectivity index (χ4n) is 5.63. The van der Waals surface area contributed by atoms with E-state index in [-0.39, 0.29) is 18.2 Å². The van der Waals surface area contributed by atoms with Gasteiger partial charge in [0.05, 0.1) is 91.3 Å². The van der Waals surface area contributed by atoms with Gasteiger partial charge in [0.1, 0.15) is 36.4 Å². The summed E-state index contributed by atoms with van der Waals surface area (Å²) < 4.78 is 171. The highest BCUT2D eigenvalue weighted by atomic mass is 19.4. The Hall–Kier alpha value is -7.77. The van der Waals surface area contributed by atoms with Gasteiger partial charge in [0.2, 0.25) is 0 Å². The highest BCUT2D eigenvalue weighted by Crippen LogP contribution is 2.52. The summed E-state index contributed by atoms with van der Waals surface area (Å²) in [5.41, 5.74) is -27.8. The lowest BCUT2D eigenvalue weighted by atomic mass is 9.69. The van der Waals surface area contributed by atoms with E-state index in [1.165, 1.54) is 6.07 Å². The molecule has 9 nitrogen and oxygen atoms in total. The zero-order chi connectivity index (χ0) is 43.3. The smallest absolute Gasteiger partial charge is 0.198 e. The van der Waals surface area contributed by atoms with Crippen molar-refractivity contribution in [3.63, 3.8) is 0 Å². The SMILES string of the molecule is CC.N#CC1=C/C(=C(/C#N)c2c(C#N)c(C#N)cc(C(F)(F)F)c2C(F)(F)F)C(C#N)=C(C#N)C1C(C#N)c1c(C#N)c(C#N)cc(C(F)(F)F)c1C(F)(F)F. The monoisotopic (exact) mass is 785 g/mol. The van der Waals surface area contributed by atoms with Gasteiger partial charge in [0.25, 0.3) is 0 Å². The molecule has 21 heteroatoms. The van der Waals surface area contributed by atoms with Crippen LogP contribution in [0.2, 0.25) is 0 Å². The van der Waals surface area contributed by atoms with Crippen LogP contribution in [0.15, 0.2) is 40.5 Å². The van der Waals surface area contributed by atoms with Gasteiger partial charge in [-0.15, -0.1) is 0 Å². The first kappa shape index (κ1) is 44.4. The first-order valence-corrected chi connectivity index (χ1v) is 14.5. The topological polar surface area (TPSA) is 214 Å². The Morgan fingerprint density at radius 3 is 1.38 bits per heavy atom. The summed E-state index contributed by atoms with van der Waals surface area (Å²) in [5, 5.41) is 88.6. The molecule has 0 bridgehead atoms. The maximum absolute atomic E-state index is 14.5. The number of halogens is 12. The summed E-state index contributed by atoms with van der Waals surface area (Å²) in [6.07, 6.45) is -24.0. The van der Waals surface area contributed by atoms with Crippen molar-refractivity contribution in [3.8, 4) is 54.6 Å². The van der Waals surface area contributed by atoms with Crippen LogP contribution >= 0.6 is 0 Å². The van der Waals surface area contributed by atoms with Crippen LogP contribution in [0, 0.1) is 108 Å². The second kappa shape index (κ2) is 16.1. The maximum atomic E-state index is 14.5. The molecular weight excluding hydrogens is 774 g/mol. The van der Waals surface area contributed by atoms with E-state index in [1.807, 2.05) is 13.8 Å². The third-order valence-corrected chi connectivity index (χ3v) is 7.60. The van der Waals surface area contributed by atoms with E-state index in [0.29, 0.717) is 0 Å². The van der Waals surface area contributed by atoms with E-state index >= 15 is 0 Å². The number of benzene rings is 2. The van der Waals surface area contributed by atoms with E-state index in [1.54, 1.807) is 0 Å². The fourth-order valence-corrected chi connectivity index (χ4v) is 5.63. The molecule has 56 heavy (non-hydrogen) atoms. The molecule has 1 aliphatic carbocycles. The lowest BCUT2D eigenvalue weighted by Gasteiger charge is -2.30. The minimum absolute atomic E-state index is 0.151. The van der Waals surface area contributed by atoms with Gasteiger partial charge < -0.3 is 0 Å². The van der Waals surface area contributed by atoms with Crippen molar-refractivity contribution in [1.82, 2.24) is 0 Å². The number of nitrogens with zero attached hydrogens (tertiary/aromatic N) is 9. The minimum atomic E-state index is -6.12. The van der Waals surface area contributed by atoms with Gasteiger partial charge in [-0.1, -0.05) is 13.8 Å². The van der Waals surface area contributed by atoms with Crippen LogP contribution in [0.4, 0.5) is 52.7 Å². The van der Waals surface area contributed by atoms with Crippen LogP contribution in [-0.4, -0.2) is 0 Å².